The zero-order valence-corrected chi connectivity index (χ0v) is 43.1. The standard InChI is InChI=1S/C51H60F8N10O9/c1-48(2,50(54,55)56)40(63-47(75)76-5)42(71)61-37(16-26-6-8-27(9-7-26)29-12-15-39(60-19-29)67-20-31-13-14-32(21-67)69(31)33-24-77-25-33)38(70)23-68(66-43(72)41(62-46(73)74)49(3,4)51(57,58)59)22-34-35(52)17-30(18-36(34)53)45-65-64-44(78-45)28-10-11-28/h6-9,12,15,17-19,28,31-33,37-38,40-41,62,70H,10-11,13-14,16,20-25H2,1-5H3,(H,61,71)(H,63,75)(H,66,72)(H,73,74). The number of methoxy groups -OCH3 is 1. The minimum Gasteiger partial charge on any atom is -0.465 e. The predicted molar refractivity (Wildman–Crippen MR) is 261 cm³/mol. The summed E-state index contributed by atoms with van der Waals surface area (Å²) in [6.07, 6.45) is -11.0. The van der Waals surface area contributed by atoms with E-state index in [9.17, 15) is 55.7 Å². The van der Waals surface area contributed by atoms with Crippen LogP contribution in [0.15, 0.2) is 59.1 Å². The van der Waals surface area contributed by atoms with Gasteiger partial charge in [0.1, 0.15) is 29.5 Å². The molecule has 3 aliphatic heterocycles. The van der Waals surface area contributed by atoms with Crippen molar-refractivity contribution in [2.75, 3.05) is 44.9 Å². The van der Waals surface area contributed by atoms with Crippen LogP contribution in [0.2, 0.25) is 0 Å². The maximum Gasteiger partial charge on any atom is 0.407 e. The molecule has 0 spiro atoms. The molecule has 424 valence electrons. The first-order chi connectivity index (χ1) is 36.6. The number of hydrogen-bond donors (Lipinski definition) is 6. The summed E-state index contributed by atoms with van der Waals surface area (Å²) >= 11 is 0. The van der Waals surface area contributed by atoms with Crippen LogP contribution in [0.4, 0.5) is 50.5 Å². The topological polar surface area (TPSA) is 237 Å². The van der Waals surface area contributed by atoms with Crippen LogP contribution in [-0.4, -0.2) is 154 Å². The Morgan fingerprint density at radius 2 is 1.37 bits per heavy atom. The molecule has 5 heterocycles. The van der Waals surface area contributed by atoms with E-state index in [2.05, 4.69) is 30.1 Å². The fraction of sp³-hybridized carbons (Fsp3) is 0.549. The zero-order chi connectivity index (χ0) is 56.6. The highest BCUT2D eigenvalue weighted by molar-refractivity contribution is 5.87. The van der Waals surface area contributed by atoms with Gasteiger partial charge in [-0.15, -0.1) is 10.2 Å². The van der Waals surface area contributed by atoms with Crippen molar-refractivity contribution >= 4 is 29.8 Å². The Morgan fingerprint density at radius 1 is 0.782 bits per heavy atom. The summed E-state index contributed by atoms with van der Waals surface area (Å²) in [7, 11) is 0.841. The van der Waals surface area contributed by atoms with Crippen LogP contribution in [0.5, 0.6) is 0 Å². The second kappa shape index (κ2) is 22.6. The third kappa shape index (κ3) is 12.6. The molecule has 1 saturated carbocycles. The highest BCUT2D eigenvalue weighted by Crippen LogP contribution is 2.43. The molecule has 2 aromatic carbocycles. The van der Waals surface area contributed by atoms with Crippen LogP contribution < -0.4 is 26.3 Å². The minimum atomic E-state index is -5.24. The maximum absolute atomic E-state index is 16.1. The van der Waals surface area contributed by atoms with Crippen LogP contribution >= 0.6 is 0 Å². The van der Waals surface area contributed by atoms with Gasteiger partial charge in [-0.05, 0) is 95.2 Å². The highest BCUT2D eigenvalue weighted by Gasteiger charge is 2.57. The number of fused-ring (bicyclic) bond motifs is 2. The van der Waals surface area contributed by atoms with E-state index in [1.165, 1.54) is 5.32 Å². The van der Waals surface area contributed by atoms with Crippen molar-refractivity contribution in [2.24, 2.45) is 10.8 Å². The number of amides is 4. The number of carboxylic acid groups (broad SMARTS) is 1. The lowest BCUT2D eigenvalue weighted by Gasteiger charge is -2.48. The van der Waals surface area contributed by atoms with Crippen molar-refractivity contribution in [3.8, 4) is 22.6 Å². The number of aliphatic hydroxyl groups excluding tert-OH is 1. The fourth-order valence-corrected chi connectivity index (χ4v) is 9.91. The molecule has 4 aromatic rings. The number of pyridine rings is 1. The first-order valence-electron chi connectivity index (χ1n) is 25.1. The SMILES string of the molecule is COC(=O)NC(C(=O)NC(Cc1ccc(-c2ccc(N3CC4CCC(C3)N4C3COC3)nc2)cc1)C(O)CN(Cc1c(F)cc(-c2nnc(C3CC3)o2)cc1F)NC(=O)C(NC(=O)O)C(C)(C)C(F)(F)F)C(C)(C)C(F)(F)F. The van der Waals surface area contributed by atoms with Gasteiger partial charge in [-0.25, -0.2) is 28.4 Å². The quantitative estimate of drug-likeness (QED) is 0.0411. The van der Waals surface area contributed by atoms with Crippen molar-refractivity contribution in [3.05, 3.63) is 83.4 Å². The number of aromatic nitrogens is 3. The lowest BCUT2D eigenvalue weighted by molar-refractivity contribution is -0.221. The van der Waals surface area contributed by atoms with Crippen molar-refractivity contribution in [2.45, 2.75) is 127 Å². The molecule has 27 heteroatoms. The number of rotatable bonds is 20. The van der Waals surface area contributed by atoms with Crippen LogP contribution in [0.1, 0.15) is 76.3 Å². The number of anilines is 1. The van der Waals surface area contributed by atoms with Crippen molar-refractivity contribution in [1.29, 1.82) is 0 Å². The third-order valence-electron chi connectivity index (χ3n) is 15.1. The summed E-state index contributed by atoms with van der Waals surface area (Å²) in [4.78, 5) is 61.8. The molecular formula is C51H60F8N10O9. The molecular weight excluding hydrogens is 1050 g/mol. The number of carbonyl (C=O) groups excluding carboxylic acids is 3. The summed E-state index contributed by atoms with van der Waals surface area (Å²) in [5.41, 5.74) is -3.48. The van der Waals surface area contributed by atoms with Gasteiger partial charge in [0.25, 0.3) is 5.91 Å². The molecule has 19 nitrogen and oxygen atoms in total. The molecule has 1 aliphatic carbocycles. The second-order valence-corrected chi connectivity index (χ2v) is 21.3. The Labute approximate surface area is 442 Å². The number of alkyl halides is 6. The monoisotopic (exact) mass is 1110 g/mol. The van der Waals surface area contributed by atoms with Crippen molar-refractivity contribution in [1.82, 2.24) is 46.5 Å². The van der Waals surface area contributed by atoms with Gasteiger partial charge in [0.05, 0.1) is 49.3 Å². The number of hydrogen-bond acceptors (Lipinski definition) is 14. The van der Waals surface area contributed by atoms with E-state index >= 15 is 8.78 Å². The zero-order valence-electron chi connectivity index (χ0n) is 43.1. The average molecular weight is 1110 g/mol. The number of nitrogens with one attached hydrogen (secondary N) is 4. The Hall–Kier alpha value is -6.71. The van der Waals surface area contributed by atoms with Crippen LogP contribution in [-0.2, 0) is 32.0 Å². The van der Waals surface area contributed by atoms with Gasteiger partial charge in [0.2, 0.25) is 17.7 Å². The molecule has 0 radical (unpaired) electrons. The van der Waals surface area contributed by atoms with Crippen molar-refractivity contribution < 1.29 is 78.4 Å². The minimum absolute atomic E-state index is 0.0227. The predicted octanol–water partition coefficient (Wildman–Crippen LogP) is 6.47. The Kier molecular flexibility index (Phi) is 16.6. The lowest BCUT2D eigenvalue weighted by atomic mass is 9.82. The second-order valence-electron chi connectivity index (χ2n) is 21.3. The van der Waals surface area contributed by atoms with Gasteiger partial charge in [0.15, 0.2) is 0 Å². The van der Waals surface area contributed by atoms with Gasteiger partial charge in [-0.3, -0.25) is 19.9 Å². The van der Waals surface area contributed by atoms with E-state index in [1.54, 1.807) is 30.5 Å². The van der Waals surface area contributed by atoms with Crippen LogP contribution in [0.3, 0.4) is 0 Å². The molecule has 4 amide bonds. The molecule has 2 aromatic heterocycles. The van der Waals surface area contributed by atoms with E-state index in [1.807, 2.05) is 22.9 Å². The molecule has 4 aliphatic rings. The highest BCUT2D eigenvalue weighted by atomic mass is 19.4. The Morgan fingerprint density at radius 3 is 1.88 bits per heavy atom. The van der Waals surface area contributed by atoms with Crippen LogP contribution in [0, 0.1) is 22.5 Å². The number of carbonyl (C=O) groups is 4. The first kappa shape index (κ1) is 57.5. The number of ether oxygens (including phenoxy) is 2. The fourth-order valence-electron chi connectivity index (χ4n) is 9.91. The number of aliphatic hydroxyl groups is 1. The van der Waals surface area contributed by atoms with Gasteiger partial charge >= 0.3 is 24.5 Å². The molecule has 6 N–H and O–H groups in total. The number of alkyl carbamates (subject to hydrolysis) is 1. The lowest BCUT2D eigenvalue weighted by Crippen LogP contribution is -2.63. The summed E-state index contributed by atoms with van der Waals surface area (Å²) in [6.45, 7) is 3.21. The maximum atomic E-state index is 16.1. The van der Waals surface area contributed by atoms with Crippen LogP contribution in [0.25, 0.3) is 22.6 Å². The Bertz CT molecular complexity index is 2770. The molecule has 6 unspecified atom stereocenters. The normalized spacial score (nSPS) is 19.9. The number of benzene rings is 2. The molecule has 6 atom stereocenters. The van der Waals surface area contributed by atoms with Crippen molar-refractivity contribution in [3.63, 3.8) is 0 Å². The van der Waals surface area contributed by atoms with Gasteiger partial charge in [0, 0.05) is 67.1 Å². The van der Waals surface area contributed by atoms with E-state index in [0.29, 0.717) is 67.5 Å². The van der Waals surface area contributed by atoms with Gasteiger partial charge in [-0.1, -0.05) is 24.3 Å². The smallest absolute Gasteiger partial charge is 0.407 e. The number of piperazine rings is 1. The Balaban J connectivity index is 1.09. The largest absolute Gasteiger partial charge is 0.465 e. The summed E-state index contributed by atoms with van der Waals surface area (Å²) in [5, 5.41) is 35.7. The number of nitrogens with zero attached hydrogens (tertiary/aromatic N) is 6. The number of hydrazine groups is 1. The molecule has 78 heavy (non-hydrogen) atoms. The first-order valence-corrected chi connectivity index (χ1v) is 25.1. The van der Waals surface area contributed by atoms with Gasteiger partial charge < -0.3 is 45.0 Å². The summed E-state index contributed by atoms with van der Waals surface area (Å²) < 4.78 is 135. The van der Waals surface area contributed by atoms with E-state index in [0.717, 1.165) is 77.0 Å². The van der Waals surface area contributed by atoms with E-state index in [4.69, 9.17) is 14.1 Å². The summed E-state index contributed by atoms with van der Waals surface area (Å²) in [5.74, 6) is -5.08. The van der Waals surface area contributed by atoms with E-state index in [-0.39, 0.29) is 23.3 Å². The van der Waals surface area contributed by atoms with Gasteiger partial charge in [-0.2, -0.15) is 26.3 Å². The van der Waals surface area contributed by atoms with E-state index < -0.39 is 108 Å². The average Bonchev–Trinajstić information content (AvgIpc) is 4.19. The molecule has 2 bridgehead atoms. The number of halogens is 8. The molecule has 8 rings (SSSR count). The molecule has 3 saturated heterocycles. The third-order valence-corrected chi connectivity index (χ3v) is 15.1. The molecule has 4 fully saturated rings. The summed E-state index contributed by atoms with van der Waals surface area (Å²) in [6, 6.07) is 6.31.